The average Bonchev–Trinajstić information content (AvgIpc) is 2.91. The summed E-state index contributed by atoms with van der Waals surface area (Å²) in [6.45, 7) is 1.59. The molecule has 0 bridgehead atoms. The van der Waals surface area contributed by atoms with Crippen molar-refractivity contribution in [2.45, 2.75) is 13.5 Å². The van der Waals surface area contributed by atoms with Crippen LogP contribution >= 0.6 is 0 Å². The molecule has 7 heteroatoms. The topological polar surface area (TPSA) is 90.0 Å². The normalized spacial score (nSPS) is 10.5. The lowest BCUT2D eigenvalue weighted by molar-refractivity contribution is -0.117. The maximum atomic E-state index is 12.0. The molecule has 0 aliphatic heterocycles. The Morgan fingerprint density at radius 2 is 2.00 bits per heavy atom. The van der Waals surface area contributed by atoms with Gasteiger partial charge in [0.1, 0.15) is 12.4 Å². The van der Waals surface area contributed by atoms with E-state index in [1.165, 1.54) is 0 Å². The van der Waals surface area contributed by atoms with E-state index in [-0.39, 0.29) is 12.4 Å². The number of aromatic nitrogens is 3. The molecule has 2 aromatic heterocycles. The van der Waals surface area contributed by atoms with Crippen molar-refractivity contribution in [3.63, 3.8) is 0 Å². The van der Waals surface area contributed by atoms with Crippen molar-refractivity contribution in [1.82, 2.24) is 14.8 Å². The molecular weight excluding hydrogens is 296 g/mol. The van der Waals surface area contributed by atoms with Gasteiger partial charge >= 0.3 is 5.76 Å². The molecule has 0 saturated heterocycles. The van der Waals surface area contributed by atoms with E-state index in [0.29, 0.717) is 11.4 Å². The summed E-state index contributed by atoms with van der Waals surface area (Å²) < 4.78 is 6.06. The second kappa shape index (κ2) is 6.27. The Labute approximate surface area is 131 Å². The first kappa shape index (κ1) is 14.7. The monoisotopic (exact) mass is 310 g/mol. The zero-order chi connectivity index (χ0) is 16.2. The van der Waals surface area contributed by atoms with Crippen molar-refractivity contribution in [3.8, 4) is 11.5 Å². The molecule has 0 aliphatic carbocycles. The van der Waals surface area contributed by atoms with Gasteiger partial charge in [0.2, 0.25) is 11.8 Å². The highest BCUT2D eigenvalue weighted by Gasteiger charge is 2.13. The number of hydrogen-bond donors (Lipinski definition) is 1. The highest BCUT2D eigenvalue weighted by atomic mass is 16.4. The largest absolute Gasteiger partial charge is 0.437 e. The first-order valence-electron chi connectivity index (χ1n) is 6.98. The molecule has 3 aromatic rings. The van der Waals surface area contributed by atoms with Gasteiger partial charge in [0.05, 0.1) is 0 Å². The van der Waals surface area contributed by atoms with Gasteiger partial charge in [0.15, 0.2) is 0 Å². The zero-order valence-electron chi connectivity index (χ0n) is 12.4. The molecule has 2 heterocycles. The Morgan fingerprint density at radius 3 is 2.74 bits per heavy atom. The van der Waals surface area contributed by atoms with Gasteiger partial charge in [-0.2, -0.15) is 4.68 Å². The number of hydrogen-bond acceptors (Lipinski definition) is 5. The van der Waals surface area contributed by atoms with Crippen LogP contribution in [0.25, 0.3) is 11.5 Å². The van der Waals surface area contributed by atoms with E-state index in [0.717, 1.165) is 10.2 Å². The van der Waals surface area contributed by atoms with Crippen LogP contribution < -0.4 is 11.1 Å². The predicted molar refractivity (Wildman–Crippen MR) is 83.8 cm³/mol. The van der Waals surface area contributed by atoms with Gasteiger partial charge in [-0.1, -0.05) is 24.3 Å². The van der Waals surface area contributed by atoms with Crippen molar-refractivity contribution in [2.24, 2.45) is 0 Å². The molecule has 0 aliphatic rings. The number of nitrogens with one attached hydrogen (secondary N) is 1. The van der Waals surface area contributed by atoms with E-state index in [1.54, 1.807) is 24.4 Å². The molecule has 0 spiro atoms. The maximum Gasteiger partial charge on any atom is 0.437 e. The van der Waals surface area contributed by atoms with Gasteiger partial charge in [-0.05, 0) is 30.7 Å². The van der Waals surface area contributed by atoms with Crippen molar-refractivity contribution >= 4 is 11.7 Å². The third-order valence-corrected chi connectivity index (χ3v) is 3.19. The molecule has 1 aromatic carbocycles. The van der Waals surface area contributed by atoms with E-state index in [2.05, 4.69) is 15.4 Å². The van der Waals surface area contributed by atoms with Gasteiger partial charge in [-0.3, -0.25) is 4.79 Å². The molecule has 0 radical (unpaired) electrons. The summed E-state index contributed by atoms with van der Waals surface area (Å²) in [5, 5.41) is 6.68. The molecule has 0 unspecified atom stereocenters. The van der Waals surface area contributed by atoms with Crippen molar-refractivity contribution in [1.29, 1.82) is 0 Å². The predicted octanol–water partition coefficient (Wildman–Crippen LogP) is 1.85. The first-order chi connectivity index (χ1) is 11.1. The lowest BCUT2D eigenvalue weighted by Gasteiger charge is -2.05. The van der Waals surface area contributed by atoms with Gasteiger partial charge in [0.25, 0.3) is 0 Å². The quantitative estimate of drug-likeness (QED) is 0.794. The first-order valence-corrected chi connectivity index (χ1v) is 6.98. The summed E-state index contributed by atoms with van der Waals surface area (Å²) in [5.41, 5.74) is 1.50. The van der Waals surface area contributed by atoms with Crippen LogP contribution in [0.5, 0.6) is 0 Å². The number of aryl methyl sites for hydroxylation is 1. The Bertz CT molecular complexity index is 884. The summed E-state index contributed by atoms with van der Waals surface area (Å²) in [5.74, 6) is -0.451. The molecule has 0 atom stereocenters. The zero-order valence-corrected chi connectivity index (χ0v) is 12.4. The number of benzene rings is 1. The SMILES string of the molecule is Cc1cccnc1NC(=O)Cn1nc(-c2ccccc2)oc1=O. The number of nitrogens with zero attached hydrogens (tertiary/aromatic N) is 3. The Morgan fingerprint density at radius 1 is 1.22 bits per heavy atom. The number of rotatable bonds is 4. The van der Waals surface area contributed by atoms with Crippen LogP contribution in [0.3, 0.4) is 0 Å². The molecule has 23 heavy (non-hydrogen) atoms. The molecule has 0 saturated carbocycles. The molecular formula is C16H14N4O3. The number of anilines is 1. The van der Waals surface area contributed by atoms with E-state index in [1.807, 2.05) is 31.2 Å². The maximum absolute atomic E-state index is 12.0. The van der Waals surface area contributed by atoms with Crippen molar-refractivity contribution < 1.29 is 9.21 Å². The van der Waals surface area contributed by atoms with Crippen LogP contribution in [-0.2, 0) is 11.3 Å². The third-order valence-electron chi connectivity index (χ3n) is 3.19. The minimum Gasteiger partial charge on any atom is -0.388 e. The number of carbonyl (C=O) groups excluding carboxylic acids is 1. The molecule has 1 amide bonds. The van der Waals surface area contributed by atoms with Crippen molar-refractivity contribution in [2.75, 3.05) is 5.32 Å². The fraction of sp³-hybridized carbons (Fsp3) is 0.125. The standard InChI is InChI=1S/C16H14N4O3/c1-11-6-5-9-17-14(11)18-13(21)10-20-16(22)23-15(19-20)12-7-3-2-4-8-12/h2-9H,10H2,1H3,(H,17,18,21). The Balaban J connectivity index is 1.76. The fourth-order valence-electron chi connectivity index (χ4n) is 2.03. The van der Waals surface area contributed by atoms with Gasteiger partial charge in [-0.25, -0.2) is 9.78 Å². The molecule has 7 nitrogen and oxygen atoms in total. The van der Waals surface area contributed by atoms with Crippen LogP contribution in [0.2, 0.25) is 0 Å². The van der Waals surface area contributed by atoms with E-state index in [9.17, 15) is 9.59 Å². The fourth-order valence-corrected chi connectivity index (χ4v) is 2.03. The Kier molecular flexibility index (Phi) is 4.01. The van der Waals surface area contributed by atoms with Gasteiger partial charge in [-0.15, -0.1) is 5.10 Å². The highest BCUT2D eigenvalue weighted by molar-refractivity contribution is 5.90. The average molecular weight is 310 g/mol. The van der Waals surface area contributed by atoms with Crippen LogP contribution in [0, 0.1) is 6.92 Å². The number of amides is 1. The third kappa shape index (κ3) is 3.34. The number of carbonyl (C=O) groups is 1. The number of pyridine rings is 1. The summed E-state index contributed by atoms with van der Waals surface area (Å²) >= 11 is 0. The van der Waals surface area contributed by atoms with Crippen LogP contribution in [0.1, 0.15) is 5.56 Å². The summed E-state index contributed by atoms with van der Waals surface area (Å²) in [4.78, 5) is 27.9. The van der Waals surface area contributed by atoms with Gasteiger partial charge < -0.3 is 9.73 Å². The van der Waals surface area contributed by atoms with E-state index < -0.39 is 11.7 Å². The molecule has 116 valence electrons. The minimum atomic E-state index is -0.684. The lowest BCUT2D eigenvalue weighted by atomic mass is 10.2. The van der Waals surface area contributed by atoms with E-state index in [4.69, 9.17) is 4.42 Å². The summed E-state index contributed by atoms with van der Waals surface area (Å²) in [6, 6.07) is 12.6. The summed E-state index contributed by atoms with van der Waals surface area (Å²) in [7, 11) is 0. The van der Waals surface area contributed by atoms with E-state index >= 15 is 0 Å². The molecule has 0 fully saturated rings. The second-order valence-electron chi connectivity index (χ2n) is 4.91. The smallest absolute Gasteiger partial charge is 0.388 e. The van der Waals surface area contributed by atoms with Gasteiger partial charge in [0, 0.05) is 11.8 Å². The second-order valence-corrected chi connectivity index (χ2v) is 4.91. The Hall–Kier alpha value is -3.22. The molecule has 1 N–H and O–H groups in total. The minimum absolute atomic E-state index is 0.178. The van der Waals surface area contributed by atoms with Crippen LogP contribution in [0.15, 0.2) is 57.9 Å². The molecule has 3 rings (SSSR count). The van der Waals surface area contributed by atoms with Crippen LogP contribution in [0.4, 0.5) is 5.82 Å². The van der Waals surface area contributed by atoms with Crippen molar-refractivity contribution in [3.05, 3.63) is 64.8 Å². The van der Waals surface area contributed by atoms with Crippen LogP contribution in [-0.4, -0.2) is 20.7 Å². The highest BCUT2D eigenvalue weighted by Crippen LogP contribution is 2.14. The summed E-state index contributed by atoms with van der Waals surface area (Å²) in [6.07, 6.45) is 1.58. The lowest BCUT2D eigenvalue weighted by Crippen LogP contribution is -2.26.